The van der Waals surface area contributed by atoms with Crippen LogP contribution in [0.5, 0.6) is 11.5 Å². The van der Waals surface area contributed by atoms with E-state index in [2.05, 4.69) is 44.6 Å². The maximum absolute atomic E-state index is 11.4. The summed E-state index contributed by atoms with van der Waals surface area (Å²) in [6, 6.07) is 16.2. The lowest BCUT2D eigenvalue weighted by Crippen LogP contribution is -2.38. The SMILES string of the molecule is CNC(=O)COc1ccc(-c2nc3ncc(C)c(NC4CCN(Cc5ccc(OC)cc5)CC4)c3[nH]2)cc1. The molecule has 1 fully saturated rings. The van der Waals surface area contributed by atoms with E-state index < -0.39 is 0 Å². The third-order valence-electron chi connectivity index (χ3n) is 6.99. The topological polar surface area (TPSA) is 104 Å². The first-order valence-electron chi connectivity index (χ1n) is 12.9. The number of pyridine rings is 1. The van der Waals surface area contributed by atoms with E-state index in [1.165, 1.54) is 5.56 Å². The number of likely N-dealkylation sites (tertiary alicyclic amines) is 1. The number of piperidine rings is 1. The van der Waals surface area contributed by atoms with E-state index in [1.807, 2.05) is 42.6 Å². The van der Waals surface area contributed by atoms with Gasteiger partial charge in [-0.1, -0.05) is 12.1 Å². The van der Waals surface area contributed by atoms with Gasteiger partial charge in [0.25, 0.3) is 5.91 Å². The first kappa shape index (κ1) is 25.5. The Bertz CT molecular complexity index is 1380. The van der Waals surface area contributed by atoms with E-state index in [1.54, 1.807) is 14.2 Å². The van der Waals surface area contributed by atoms with Gasteiger partial charge in [0.05, 0.1) is 12.8 Å². The van der Waals surface area contributed by atoms with E-state index in [-0.39, 0.29) is 12.5 Å². The maximum Gasteiger partial charge on any atom is 0.257 e. The second kappa shape index (κ2) is 11.5. The third kappa shape index (κ3) is 5.89. The Labute approximate surface area is 222 Å². The largest absolute Gasteiger partial charge is 0.497 e. The molecular weight excluding hydrogens is 480 g/mol. The van der Waals surface area contributed by atoms with Gasteiger partial charge in [-0.2, -0.15) is 0 Å². The smallest absolute Gasteiger partial charge is 0.257 e. The van der Waals surface area contributed by atoms with E-state index in [9.17, 15) is 4.79 Å². The zero-order valence-corrected chi connectivity index (χ0v) is 22.1. The number of ether oxygens (including phenoxy) is 2. The van der Waals surface area contributed by atoms with Gasteiger partial charge in [-0.3, -0.25) is 9.69 Å². The molecule has 4 aromatic rings. The highest BCUT2D eigenvalue weighted by Gasteiger charge is 2.21. The summed E-state index contributed by atoms with van der Waals surface area (Å²) in [6.07, 6.45) is 4.01. The van der Waals surface area contributed by atoms with Gasteiger partial charge in [-0.15, -0.1) is 0 Å². The molecule has 5 rings (SSSR count). The first-order valence-corrected chi connectivity index (χ1v) is 12.9. The van der Waals surface area contributed by atoms with Crippen LogP contribution in [-0.2, 0) is 11.3 Å². The predicted molar refractivity (Wildman–Crippen MR) is 149 cm³/mol. The third-order valence-corrected chi connectivity index (χ3v) is 6.99. The van der Waals surface area contributed by atoms with Crippen molar-refractivity contribution < 1.29 is 14.3 Å². The number of imidazole rings is 1. The molecule has 0 atom stereocenters. The Hall–Kier alpha value is -4.11. The number of aromatic amines is 1. The molecule has 0 bridgehead atoms. The molecule has 1 amide bonds. The zero-order valence-electron chi connectivity index (χ0n) is 22.1. The van der Waals surface area contributed by atoms with Crippen LogP contribution in [0.2, 0.25) is 0 Å². The summed E-state index contributed by atoms with van der Waals surface area (Å²) in [4.78, 5) is 26.7. The molecule has 3 N–H and O–H groups in total. The molecule has 9 heteroatoms. The van der Waals surface area contributed by atoms with Crippen LogP contribution in [0.3, 0.4) is 0 Å². The van der Waals surface area contributed by atoms with Crippen molar-refractivity contribution in [1.29, 1.82) is 0 Å². The number of methoxy groups -OCH3 is 1. The van der Waals surface area contributed by atoms with Crippen molar-refractivity contribution in [1.82, 2.24) is 25.2 Å². The number of hydrogen-bond acceptors (Lipinski definition) is 7. The average molecular weight is 515 g/mol. The first-order chi connectivity index (χ1) is 18.5. The Kier molecular flexibility index (Phi) is 7.74. The van der Waals surface area contributed by atoms with Crippen molar-refractivity contribution >= 4 is 22.8 Å². The molecule has 0 aliphatic carbocycles. The molecule has 0 radical (unpaired) electrons. The molecule has 1 aliphatic rings. The second-order valence-electron chi connectivity index (χ2n) is 9.63. The summed E-state index contributed by atoms with van der Waals surface area (Å²) >= 11 is 0. The summed E-state index contributed by atoms with van der Waals surface area (Å²) in [7, 11) is 3.28. The standard InChI is InChI=1S/C29H34N6O3/c1-19-16-31-29-27(33-28(34-29)21-6-10-24(11-7-21)38-18-25(36)30-2)26(19)32-22-12-14-35(15-13-22)17-20-4-8-23(37-3)9-5-20/h4-11,16,22H,12-15,17-18H2,1-3H3,(H,30,36)(H2,31,32,33,34). The molecular formula is C29H34N6O3. The number of likely N-dealkylation sites (N-methyl/N-ethyl adjacent to an activating group) is 1. The fourth-order valence-electron chi connectivity index (χ4n) is 4.73. The van der Waals surface area contributed by atoms with Crippen molar-refractivity contribution in [3.05, 3.63) is 65.9 Å². The molecule has 0 unspecified atom stereocenters. The lowest BCUT2D eigenvalue weighted by Gasteiger charge is -2.33. The molecule has 0 saturated carbocycles. The van der Waals surface area contributed by atoms with E-state index in [0.29, 0.717) is 17.4 Å². The highest BCUT2D eigenvalue weighted by atomic mass is 16.5. The number of amides is 1. The summed E-state index contributed by atoms with van der Waals surface area (Å²) in [5, 5.41) is 6.33. The molecule has 198 valence electrons. The summed E-state index contributed by atoms with van der Waals surface area (Å²) in [5.41, 5.74) is 5.98. The number of nitrogens with one attached hydrogen (secondary N) is 3. The van der Waals surface area contributed by atoms with Crippen LogP contribution in [0.1, 0.15) is 24.0 Å². The lowest BCUT2D eigenvalue weighted by atomic mass is 10.0. The summed E-state index contributed by atoms with van der Waals surface area (Å²) < 4.78 is 10.8. The Balaban J connectivity index is 1.24. The van der Waals surface area contributed by atoms with Crippen LogP contribution in [0, 0.1) is 6.92 Å². The number of aromatic nitrogens is 3. The van der Waals surface area contributed by atoms with E-state index >= 15 is 0 Å². The fraction of sp³-hybridized carbons (Fsp3) is 0.345. The van der Waals surface area contributed by atoms with Crippen LogP contribution in [0.15, 0.2) is 54.7 Å². The minimum Gasteiger partial charge on any atom is -0.497 e. The average Bonchev–Trinajstić information content (AvgIpc) is 3.39. The maximum atomic E-state index is 11.4. The van der Waals surface area contributed by atoms with Gasteiger partial charge in [0.15, 0.2) is 12.3 Å². The normalized spacial score (nSPS) is 14.4. The number of carbonyl (C=O) groups is 1. The van der Waals surface area contributed by atoms with Crippen LogP contribution < -0.4 is 20.1 Å². The molecule has 1 aliphatic heterocycles. The molecule has 38 heavy (non-hydrogen) atoms. The molecule has 0 spiro atoms. The van der Waals surface area contributed by atoms with E-state index in [4.69, 9.17) is 14.5 Å². The molecule has 3 heterocycles. The molecule has 9 nitrogen and oxygen atoms in total. The number of anilines is 1. The Morgan fingerprint density at radius 3 is 2.47 bits per heavy atom. The monoisotopic (exact) mass is 514 g/mol. The number of hydrogen-bond donors (Lipinski definition) is 3. The van der Waals surface area contributed by atoms with Crippen LogP contribution in [0.25, 0.3) is 22.6 Å². The van der Waals surface area contributed by atoms with Gasteiger partial charge < -0.3 is 25.1 Å². The van der Waals surface area contributed by atoms with Gasteiger partial charge in [-0.05, 0) is 67.3 Å². The number of carbonyl (C=O) groups excluding carboxylic acids is 1. The van der Waals surface area contributed by atoms with Gasteiger partial charge >= 0.3 is 0 Å². The van der Waals surface area contributed by atoms with Gasteiger partial charge in [-0.25, -0.2) is 9.97 Å². The van der Waals surface area contributed by atoms with Gasteiger partial charge in [0, 0.05) is 44.5 Å². The summed E-state index contributed by atoms with van der Waals surface area (Å²) in [6.45, 7) is 5.10. The quantitative estimate of drug-likeness (QED) is 0.308. The van der Waals surface area contributed by atoms with Crippen LogP contribution >= 0.6 is 0 Å². The van der Waals surface area contributed by atoms with Crippen molar-refractivity contribution in [3.63, 3.8) is 0 Å². The zero-order chi connectivity index (χ0) is 26.5. The van der Waals surface area contributed by atoms with Crippen LogP contribution in [0.4, 0.5) is 5.69 Å². The number of H-pyrrole nitrogens is 1. The predicted octanol–water partition coefficient (Wildman–Crippen LogP) is 4.14. The van der Waals surface area contributed by atoms with Crippen molar-refractivity contribution in [3.8, 4) is 22.9 Å². The van der Waals surface area contributed by atoms with Gasteiger partial charge in [0.1, 0.15) is 22.8 Å². The highest BCUT2D eigenvalue weighted by molar-refractivity contribution is 5.89. The fourth-order valence-corrected chi connectivity index (χ4v) is 4.73. The number of aryl methyl sites for hydroxylation is 1. The summed E-state index contributed by atoms with van der Waals surface area (Å²) in [5.74, 6) is 2.09. The molecule has 2 aromatic heterocycles. The van der Waals surface area contributed by atoms with Crippen molar-refractivity contribution in [2.24, 2.45) is 0 Å². The highest BCUT2D eigenvalue weighted by Crippen LogP contribution is 2.30. The second-order valence-corrected chi connectivity index (χ2v) is 9.63. The Morgan fingerprint density at radius 2 is 1.79 bits per heavy atom. The minimum absolute atomic E-state index is 0.0148. The lowest BCUT2D eigenvalue weighted by molar-refractivity contribution is -0.122. The Morgan fingerprint density at radius 1 is 1.08 bits per heavy atom. The number of fused-ring (bicyclic) bond motifs is 1. The van der Waals surface area contributed by atoms with Crippen molar-refractivity contribution in [2.45, 2.75) is 32.4 Å². The molecule has 2 aromatic carbocycles. The number of benzene rings is 2. The van der Waals surface area contributed by atoms with Gasteiger partial charge in [0.2, 0.25) is 0 Å². The van der Waals surface area contributed by atoms with E-state index in [0.717, 1.165) is 66.4 Å². The van der Waals surface area contributed by atoms with Crippen LogP contribution in [-0.4, -0.2) is 65.7 Å². The van der Waals surface area contributed by atoms with Crippen molar-refractivity contribution in [2.75, 3.05) is 39.2 Å². The number of rotatable bonds is 9. The minimum atomic E-state index is -0.171. The number of nitrogens with zero attached hydrogens (tertiary/aromatic N) is 3. The molecule has 1 saturated heterocycles.